The molecule has 1 saturated carbocycles. The lowest BCUT2D eigenvalue weighted by Crippen LogP contribution is -2.22. The molecule has 0 spiro atoms. The van der Waals surface area contributed by atoms with Crippen molar-refractivity contribution in [1.29, 1.82) is 0 Å². The lowest BCUT2D eigenvalue weighted by molar-refractivity contribution is 0.0223. The highest BCUT2D eigenvalue weighted by atomic mass is 16.6. The number of benzene rings is 2. The molecule has 0 saturated heterocycles. The van der Waals surface area contributed by atoms with Gasteiger partial charge in [0.1, 0.15) is 26.4 Å². The van der Waals surface area contributed by atoms with E-state index in [0.29, 0.717) is 91.1 Å². The Morgan fingerprint density at radius 2 is 0.722 bits per heavy atom. The Hall–Kier alpha value is -2.52. The van der Waals surface area contributed by atoms with Gasteiger partial charge in [0, 0.05) is 0 Å². The smallest absolute Gasteiger partial charge is 0.161 e. The van der Waals surface area contributed by atoms with Gasteiger partial charge in [-0.15, -0.1) is 0 Å². The van der Waals surface area contributed by atoms with Gasteiger partial charge in [-0.2, -0.15) is 0 Å². The van der Waals surface area contributed by atoms with Crippen LogP contribution in [0.15, 0.2) is 36.4 Å². The van der Waals surface area contributed by atoms with Crippen molar-refractivity contribution in [1.82, 2.24) is 0 Å². The number of hydrogen-bond donors (Lipinski definition) is 0. The summed E-state index contributed by atoms with van der Waals surface area (Å²) in [7, 11) is 0. The molecule has 1 aliphatic carbocycles. The van der Waals surface area contributed by atoms with Gasteiger partial charge >= 0.3 is 0 Å². The molecule has 0 radical (unpaired) electrons. The molecular formula is C28H36O8. The van der Waals surface area contributed by atoms with Gasteiger partial charge in [-0.25, -0.2) is 0 Å². The summed E-state index contributed by atoms with van der Waals surface area (Å²) in [6, 6.07) is 12.6. The van der Waals surface area contributed by atoms with Crippen LogP contribution in [0.3, 0.4) is 0 Å². The summed E-state index contributed by atoms with van der Waals surface area (Å²) in [6.45, 7) is 6.28. The molecule has 2 aromatic rings. The van der Waals surface area contributed by atoms with Crippen molar-refractivity contribution >= 4 is 0 Å². The molecule has 8 heteroatoms. The number of fused-ring (bicyclic) bond motifs is 2. The van der Waals surface area contributed by atoms with E-state index in [-0.39, 0.29) is 0 Å². The quantitative estimate of drug-likeness (QED) is 0.614. The van der Waals surface area contributed by atoms with Crippen molar-refractivity contribution in [2.24, 2.45) is 0 Å². The van der Waals surface area contributed by atoms with E-state index in [1.807, 2.05) is 12.1 Å². The molecule has 2 aromatic carbocycles. The molecule has 0 bridgehead atoms. The van der Waals surface area contributed by atoms with E-state index >= 15 is 0 Å². The third-order valence-corrected chi connectivity index (χ3v) is 6.75. The zero-order valence-corrected chi connectivity index (χ0v) is 20.8. The SMILES string of the molecule is c1cc2c(cc1[C@H]1CC[C@@H]1c1ccc3c(c1)OCCOCCOCCO3)OCCOCCOCCO2. The molecule has 0 aromatic heterocycles. The highest BCUT2D eigenvalue weighted by Crippen LogP contribution is 2.51. The van der Waals surface area contributed by atoms with Crippen LogP contribution in [0.2, 0.25) is 0 Å². The van der Waals surface area contributed by atoms with Crippen LogP contribution >= 0.6 is 0 Å². The molecule has 2 aliphatic heterocycles. The van der Waals surface area contributed by atoms with Gasteiger partial charge < -0.3 is 37.9 Å². The van der Waals surface area contributed by atoms with Crippen LogP contribution < -0.4 is 18.9 Å². The third-order valence-electron chi connectivity index (χ3n) is 6.75. The maximum Gasteiger partial charge on any atom is 0.161 e. The number of rotatable bonds is 2. The van der Waals surface area contributed by atoms with Crippen LogP contribution in [0.5, 0.6) is 23.0 Å². The summed E-state index contributed by atoms with van der Waals surface area (Å²) in [5, 5.41) is 0. The van der Waals surface area contributed by atoms with E-state index < -0.39 is 0 Å². The second-order valence-corrected chi connectivity index (χ2v) is 9.05. The fourth-order valence-electron chi connectivity index (χ4n) is 4.76. The van der Waals surface area contributed by atoms with Gasteiger partial charge in [0.2, 0.25) is 0 Å². The van der Waals surface area contributed by atoms with Gasteiger partial charge in [-0.3, -0.25) is 0 Å². The average Bonchev–Trinajstić information content (AvgIpc) is 2.85. The van der Waals surface area contributed by atoms with E-state index in [4.69, 9.17) is 37.9 Å². The van der Waals surface area contributed by atoms with Crippen molar-refractivity contribution in [3.63, 3.8) is 0 Å². The second-order valence-electron chi connectivity index (χ2n) is 9.05. The number of hydrogen-bond acceptors (Lipinski definition) is 8. The van der Waals surface area contributed by atoms with E-state index in [1.54, 1.807) is 0 Å². The topological polar surface area (TPSA) is 73.8 Å². The van der Waals surface area contributed by atoms with Crippen molar-refractivity contribution in [2.45, 2.75) is 24.7 Å². The standard InChI is InChI=1S/C28H36O8/c1-5-25-27(35-17-13-31-9-7-29-11-15-33-25)19-21(1)23-3-4-24(23)22-2-6-26-28(20-22)36-18-14-32-10-8-30-12-16-34-26/h1-2,5-6,19-20,23-24H,3-4,7-18H2/t23-,24-/m1/s1. The molecule has 0 unspecified atom stereocenters. The lowest BCUT2D eigenvalue weighted by atomic mass is 9.67. The normalized spacial score (nSPS) is 24.1. The van der Waals surface area contributed by atoms with Gasteiger partial charge in [0.15, 0.2) is 23.0 Å². The third kappa shape index (κ3) is 6.62. The van der Waals surface area contributed by atoms with Crippen LogP contribution in [0.4, 0.5) is 0 Å². The molecular weight excluding hydrogens is 464 g/mol. The van der Waals surface area contributed by atoms with E-state index in [9.17, 15) is 0 Å². The van der Waals surface area contributed by atoms with Crippen molar-refractivity contribution < 1.29 is 37.9 Å². The lowest BCUT2D eigenvalue weighted by Gasteiger charge is -2.38. The molecule has 1 fully saturated rings. The van der Waals surface area contributed by atoms with Crippen molar-refractivity contribution in [3.05, 3.63) is 47.5 Å². The van der Waals surface area contributed by atoms with Gasteiger partial charge in [0.05, 0.1) is 52.9 Å². The Morgan fingerprint density at radius 3 is 1.08 bits per heavy atom. The van der Waals surface area contributed by atoms with E-state index in [1.165, 1.54) is 11.1 Å². The van der Waals surface area contributed by atoms with Crippen LogP contribution in [0.25, 0.3) is 0 Å². The minimum Gasteiger partial charge on any atom is -0.487 e. The van der Waals surface area contributed by atoms with Crippen LogP contribution in [-0.4, -0.2) is 79.3 Å². The van der Waals surface area contributed by atoms with Crippen LogP contribution in [0.1, 0.15) is 35.8 Å². The summed E-state index contributed by atoms with van der Waals surface area (Å²) in [4.78, 5) is 0. The second kappa shape index (κ2) is 13.1. The summed E-state index contributed by atoms with van der Waals surface area (Å²) >= 11 is 0. The predicted molar refractivity (Wildman–Crippen MR) is 133 cm³/mol. The zero-order valence-electron chi connectivity index (χ0n) is 20.8. The molecule has 0 N–H and O–H groups in total. The highest BCUT2D eigenvalue weighted by molar-refractivity contribution is 5.48. The fraction of sp³-hybridized carbons (Fsp3) is 0.571. The summed E-state index contributed by atoms with van der Waals surface area (Å²) < 4.78 is 46.2. The van der Waals surface area contributed by atoms with E-state index in [2.05, 4.69) is 24.3 Å². The summed E-state index contributed by atoms with van der Waals surface area (Å²) in [5.41, 5.74) is 2.52. The molecule has 5 rings (SSSR count). The average molecular weight is 501 g/mol. The predicted octanol–water partition coefficient (Wildman–Crippen LogP) is 3.96. The molecule has 2 heterocycles. The monoisotopic (exact) mass is 500 g/mol. The van der Waals surface area contributed by atoms with Crippen LogP contribution in [-0.2, 0) is 18.9 Å². The first kappa shape index (κ1) is 25.1. The molecule has 2 atom stereocenters. The van der Waals surface area contributed by atoms with Crippen LogP contribution in [0, 0.1) is 0 Å². The Bertz CT molecular complexity index is 887. The molecule has 36 heavy (non-hydrogen) atoms. The summed E-state index contributed by atoms with van der Waals surface area (Å²) in [5.74, 6) is 3.83. The molecule has 0 amide bonds. The maximum atomic E-state index is 6.05. The fourth-order valence-corrected chi connectivity index (χ4v) is 4.76. The Balaban J connectivity index is 1.30. The largest absolute Gasteiger partial charge is 0.487 e. The molecule has 196 valence electrons. The Labute approximate surface area is 212 Å². The van der Waals surface area contributed by atoms with Gasteiger partial charge in [-0.1, -0.05) is 12.1 Å². The maximum absolute atomic E-state index is 6.05. The summed E-state index contributed by atoms with van der Waals surface area (Å²) in [6.07, 6.45) is 2.25. The van der Waals surface area contributed by atoms with Gasteiger partial charge in [0.25, 0.3) is 0 Å². The Morgan fingerprint density at radius 1 is 0.389 bits per heavy atom. The first-order chi connectivity index (χ1) is 17.9. The van der Waals surface area contributed by atoms with Crippen molar-refractivity contribution in [2.75, 3.05) is 79.3 Å². The number of ether oxygens (including phenoxy) is 8. The molecule has 8 nitrogen and oxygen atoms in total. The Kier molecular flexibility index (Phi) is 9.18. The van der Waals surface area contributed by atoms with Crippen molar-refractivity contribution in [3.8, 4) is 23.0 Å². The first-order valence-electron chi connectivity index (χ1n) is 13.0. The minimum absolute atomic E-state index is 0.404. The first-order valence-corrected chi connectivity index (χ1v) is 13.0. The molecule has 3 aliphatic rings. The minimum atomic E-state index is 0.404. The van der Waals surface area contributed by atoms with E-state index in [0.717, 1.165) is 35.8 Å². The zero-order chi connectivity index (χ0) is 24.4. The van der Waals surface area contributed by atoms with Gasteiger partial charge in [-0.05, 0) is 60.1 Å². The highest BCUT2D eigenvalue weighted by Gasteiger charge is 2.34.